The number of aromatic nitrogens is 2. The summed E-state index contributed by atoms with van der Waals surface area (Å²) < 4.78 is 2.57. The van der Waals surface area contributed by atoms with Crippen LogP contribution in [0.4, 0.5) is 0 Å². The van der Waals surface area contributed by atoms with Crippen molar-refractivity contribution >= 4 is 11.0 Å². The van der Waals surface area contributed by atoms with Crippen LogP contribution in [0, 0.1) is 30.1 Å². The van der Waals surface area contributed by atoms with Gasteiger partial charge < -0.3 is 4.57 Å². The Hall–Kier alpha value is -2.13. The molecular formula is C30H37N3. The Morgan fingerprint density at radius 3 is 2.52 bits per heavy atom. The van der Waals surface area contributed by atoms with Crippen LogP contribution in [0.5, 0.6) is 0 Å². The molecule has 1 aromatic heterocycles. The van der Waals surface area contributed by atoms with Gasteiger partial charge >= 0.3 is 0 Å². The van der Waals surface area contributed by atoms with Gasteiger partial charge in [-0.3, -0.25) is 4.90 Å². The Bertz CT molecular complexity index is 1120. The van der Waals surface area contributed by atoms with Gasteiger partial charge in [-0.2, -0.15) is 0 Å². The van der Waals surface area contributed by atoms with Crippen molar-refractivity contribution in [2.75, 3.05) is 6.54 Å². The van der Waals surface area contributed by atoms with E-state index in [0.29, 0.717) is 11.5 Å². The van der Waals surface area contributed by atoms with Gasteiger partial charge in [-0.15, -0.1) is 0 Å². The van der Waals surface area contributed by atoms with Gasteiger partial charge in [0.2, 0.25) is 0 Å². The fraction of sp³-hybridized carbons (Fsp3) is 0.567. The third-order valence-electron chi connectivity index (χ3n) is 10.2. The van der Waals surface area contributed by atoms with Crippen LogP contribution in [0.3, 0.4) is 0 Å². The lowest BCUT2D eigenvalue weighted by atomic mass is 9.75. The van der Waals surface area contributed by atoms with Crippen molar-refractivity contribution in [3.63, 3.8) is 0 Å². The Kier molecular flexibility index (Phi) is 4.56. The van der Waals surface area contributed by atoms with Crippen molar-refractivity contribution in [2.45, 2.75) is 76.4 Å². The van der Waals surface area contributed by atoms with E-state index in [9.17, 15) is 0 Å². The van der Waals surface area contributed by atoms with E-state index in [1.807, 2.05) is 0 Å². The third kappa shape index (κ3) is 3.00. The average Bonchev–Trinajstić information content (AvgIpc) is 3.10. The van der Waals surface area contributed by atoms with E-state index in [1.165, 1.54) is 74.8 Å². The summed E-state index contributed by atoms with van der Waals surface area (Å²) in [5.41, 5.74) is 4.55. The van der Waals surface area contributed by atoms with E-state index >= 15 is 0 Å². The lowest BCUT2D eigenvalue weighted by molar-refractivity contribution is 0.0901. The SMILES string of the molecule is C=C1CC2C(C1)C2(CCN1C2CCC1CC(n1c(C)nc3ccccc31)C2)C1C=CC=CC1. The van der Waals surface area contributed by atoms with Gasteiger partial charge in [0.1, 0.15) is 5.82 Å². The summed E-state index contributed by atoms with van der Waals surface area (Å²) >= 11 is 0. The summed E-state index contributed by atoms with van der Waals surface area (Å²) in [7, 11) is 0. The normalized spacial score (nSPS) is 39.5. The molecule has 3 aliphatic carbocycles. The Labute approximate surface area is 198 Å². The maximum absolute atomic E-state index is 4.88. The number of fused-ring (bicyclic) bond motifs is 4. The fourth-order valence-electron chi connectivity index (χ4n) is 8.85. The van der Waals surface area contributed by atoms with Crippen molar-refractivity contribution in [3.8, 4) is 0 Å². The van der Waals surface area contributed by atoms with Crippen molar-refractivity contribution in [1.29, 1.82) is 0 Å². The molecule has 3 heterocycles. The van der Waals surface area contributed by atoms with Crippen LogP contribution in [0.1, 0.15) is 63.2 Å². The first kappa shape index (κ1) is 20.3. The van der Waals surface area contributed by atoms with Crippen LogP contribution in [-0.2, 0) is 0 Å². The molecule has 7 rings (SSSR count). The second-order valence-corrected chi connectivity index (χ2v) is 11.7. The number of rotatable bonds is 5. The molecule has 5 atom stereocenters. The first-order valence-corrected chi connectivity index (χ1v) is 13.3. The summed E-state index contributed by atoms with van der Waals surface area (Å²) in [5, 5.41) is 0. The highest BCUT2D eigenvalue weighted by molar-refractivity contribution is 5.76. The monoisotopic (exact) mass is 439 g/mol. The van der Waals surface area contributed by atoms with Crippen LogP contribution >= 0.6 is 0 Å². The van der Waals surface area contributed by atoms with Gasteiger partial charge in [-0.1, -0.05) is 48.6 Å². The molecule has 5 aliphatic rings. The molecule has 172 valence electrons. The summed E-state index contributed by atoms with van der Waals surface area (Å²) in [6, 6.07) is 10.8. The molecule has 0 amide bonds. The highest BCUT2D eigenvalue weighted by Crippen LogP contribution is 2.74. The lowest BCUT2D eigenvalue weighted by Gasteiger charge is -2.41. The highest BCUT2D eigenvalue weighted by Gasteiger charge is 2.68. The minimum atomic E-state index is 0.551. The molecule has 3 heteroatoms. The zero-order valence-corrected chi connectivity index (χ0v) is 20.0. The quantitative estimate of drug-likeness (QED) is 0.488. The van der Waals surface area contributed by atoms with Gasteiger partial charge in [0, 0.05) is 18.1 Å². The zero-order valence-electron chi connectivity index (χ0n) is 20.0. The summed E-state index contributed by atoms with van der Waals surface area (Å²) in [6.45, 7) is 7.84. The first-order chi connectivity index (χ1) is 16.1. The van der Waals surface area contributed by atoms with E-state index in [2.05, 4.69) is 71.5 Å². The molecule has 3 nitrogen and oxygen atoms in total. The first-order valence-electron chi connectivity index (χ1n) is 13.3. The van der Waals surface area contributed by atoms with Gasteiger partial charge in [0.15, 0.2) is 0 Å². The minimum Gasteiger partial charge on any atom is -0.325 e. The standard InChI is InChI=1S/C30H37N3/c1-20-16-26-27(17-20)30(26,22-8-4-3-5-9-22)14-15-32-23-12-13-24(32)19-25(18-23)33-21(2)31-28-10-6-7-11-29(28)33/h3-8,10-11,22-27H,1,9,12-19H2,2H3. The highest BCUT2D eigenvalue weighted by atomic mass is 15.2. The molecule has 2 saturated carbocycles. The van der Waals surface area contributed by atoms with Crippen LogP contribution in [0.25, 0.3) is 11.0 Å². The van der Waals surface area contributed by atoms with Gasteiger partial charge in [0.25, 0.3) is 0 Å². The number of hydrogen-bond donors (Lipinski definition) is 0. The zero-order chi connectivity index (χ0) is 22.2. The molecule has 2 aromatic rings. The molecule has 0 N–H and O–H groups in total. The number of aryl methyl sites for hydroxylation is 1. The second-order valence-electron chi connectivity index (χ2n) is 11.7. The number of allylic oxidation sites excluding steroid dienone is 5. The van der Waals surface area contributed by atoms with Gasteiger partial charge in [-0.05, 0) is 100 Å². The Morgan fingerprint density at radius 2 is 1.79 bits per heavy atom. The number of para-hydroxylation sites is 2. The maximum atomic E-state index is 4.88. The van der Waals surface area contributed by atoms with E-state index in [0.717, 1.165) is 35.4 Å². The fourth-order valence-corrected chi connectivity index (χ4v) is 8.85. The topological polar surface area (TPSA) is 21.1 Å². The lowest BCUT2D eigenvalue weighted by Crippen LogP contribution is -2.45. The van der Waals surface area contributed by atoms with Crippen LogP contribution in [0.15, 0.2) is 60.7 Å². The second kappa shape index (κ2) is 7.43. The van der Waals surface area contributed by atoms with Crippen molar-refractivity contribution in [3.05, 3.63) is 66.5 Å². The molecule has 1 aromatic carbocycles. The predicted molar refractivity (Wildman–Crippen MR) is 135 cm³/mol. The summed E-state index contributed by atoms with van der Waals surface area (Å²) in [5.74, 6) is 3.75. The molecule has 0 spiro atoms. The van der Waals surface area contributed by atoms with E-state index in [-0.39, 0.29) is 0 Å². The summed E-state index contributed by atoms with van der Waals surface area (Å²) in [6.07, 6.45) is 20.1. The number of benzene rings is 1. The van der Waals surface area contributed by atoms with Crippen molar-refractivity contribution < 1.29 is 0 Å². The number of piperidine rings is 1. The molecule has 33 heavy (non-hydrogen) atoms. The van der Waals surface area contributed by atoms with Crippen LogP contribution < -0.4 is 0 Å². The number of imidazole rings is 1. The van der Waals surface area contributed by atoms with Gasteiger partial charge in [0.05, 0.1) is 11.0 Å². The van der Waals surface area contributed by atoms with Crippen LogP contribution in [-0.4, -0.2) is 33.1 Å². The summed E-state index contributed by atoms with van der Waals surface area (Å²) in [4.78, 5) is 7.82. The Balaban J connectivity index is 1.09. The van der Waals surface area contributed by atoms with Crippen LogP contribution in [0.2, 0.25) is 0 Å². The molecule has 2 aliphatic heterocycles. The Morgan fingerprint density at radius 1 is 1.03 bits per heavy atom. The van der Waals surface area contributed by atoms with Crippen molar-refractivity contribution in [1.82, 2.24) is 14.5 Å². The maximum Gasteiger partial charge on any atom is 0.106 e. The molecule has 4 fully saturated rings. The largest absolute Gasteiger partial charge is 0.325 e. The van der Waals surface area contributed by atoms with E-state index in [4.69, 9.17) is 4.98 Å². The van der Waals surface area contributed by atoms with Gasteiger partial charge in [-0.25, -0.2) is 4.98 Å². The average molecular weight is 440 g/mol. The number of nitrogens with zero attached hydrogens (tertiary/aromatic N) is 3. The molecule has 0 radical (unpaired) electrons. The molecule has 2 bridgehead atoms. The third-order valence-corrected chi connectivity index (χ3v) is 10.2. The van der Waals surface area contributed by atoms with E-state index in [1.54, 1.807) is 0 Å². The molecule has 2 saturated heterocycles. The predicted octanol–water partition coefficient (Wildman–Crippen LogP) is 6.62. The smallest absolute Gasteiger partial charge is 0.106 e. The molecule has 5 unspecified atom stereocenters. The van der Waals surface area contributed by atoms with Crippen molar-refractivity contribution in [2.24, 2.45) is 23.2 Å². The minimum absolute atomic E-state index is 0.551. The van der Waals surface area contributed by atoms with E-state index < -0.39 is 0 Å². The number of hydrogen-bond acceptors (Lipinski definition) is 2. The molecular weight excluding hydrogens is 402 g/mol.